The number of methoxy groups -OCH3 is 1. The van der Waals surface area contributed by atoms with Crippen molar-refractivity contribution in [1.29, 1.82) is 0 Å². The van der Waals surface area contributed by atoms with Gasteiger partial charge in [-0.15, -0.1) is 0 Å². The molecule has 2 N–H and O–H groups in total. The van der Waals surface area contributed by atoms with Crippen molar-refractivity contribution in [3.8, 4) is 0 Å². The molecule has 1 aliphatic rings. The fraction of sp³-hybridized carbons (Fsp3) is 0.350. The highest BCUT2D eigenvalue weighted by Gasteiger charge is 2.34. The number of amides is 2. The molecule has 2 amide bonds. The van der Waals surface area contributed by atoms with Crippen LogP contribution in [0.5, 0.6) is 0 Å². The number of carbonyl (C=O) groups is 2. The number of nitrogens with one attached hydrogen (secondary N) is 2. The van der Waals surface area contributed by atoms with Crippen molar-refractivity contribution >= 4 is 11.8 Å². The number of ether oxygens (including phenoxy) is 1. The van der Waals surface area contributed by atoms with E-state index in [2.05, 4.69) is 22.5 Å². The third-order valence-electron chi connectivity index (χ3n) is 4.60. The zero-order valence-electron chi connectivity index (χ0n) is 15.2. The summed E-state index contributed by atoms with van der Waals surface area (Å²) < 4.78 is 5.61. The fourth-order valence-electron chi connectivity index (χ4n) is 2.89. The van der Waals surface area contributed by atoms with Crippen LogP contribution in [0.4, 0.5) is 0 Å². The minimum atomic E-state index is -0.466. The lowest BCUT2D eigenvalue weighted by molar-refractivity contribution is 0.0948. The highest BCUT2D eigenvalue weighted by Crippen LogP contribution is 2.30. The molecule has 1 heterocycles. The first-order valence-corrected chi connectivity index (χ1v) is 8.66. The number of hydrogen-bond donors (Lipinski definition) is 2. The van der Waals surface area contributed by atoms with Gasteiger partial charge < -0.3 is 15.4 Å². The van der Waals surface area contributed by atoms with Crippen molar-refractivity contribution in [1.82, 2.24) is 15.6 Å². The average molecular weight is 353 g/mol. The Bertz CT molecular complexity index is 807. The van der Waals surface area contributed by atoms with Crippen molar-refractivity contribution in [2.75, 3.05) is 14.2 Å². The minimum absolute atomic E-state index is 0.192. The van der Waals surface area contributed by atoms with E-state index in [9.17, 15) is 9.59 Å². The zero-order valence-corrected chi connectivity index (χ0v) is 15.2. The Balaban J connectivity index is 1.98. The monoisotopic (exact) mass is 353 g/mol. The van der Waals surface area contributed by atoms with Gasteiger partial charge in [-0.2, -0.15) is 0 Å². The summed E-state index contributed by atoms with van der Waals surface area (Å²) in [7, 11) is 3.12. The second-order valence-corrected chi connectivity index (χ2v) is 6.56. The van der Waals surface area contributed by atoms with Gasteiger partial charge >= 0.3 is 0 Å². The first-order valence-electron chi connectivity index (χ1n) is 8.66. The number of nitrogens with zero attached hydrogens (tertiary/aromatic N) is 1. The summed E-state index contributed by atoms with van der Waals surface area (Å²) in [6.07, 6.45) is 0.517. The normalized spacial score (nSPS) is 19.5. The number of pyridine rings is 1. The number of hydrogen-bond acceptors (Lipinski definition) is 4. The molecule has 136 valence electrons. The topological polar surface area (TPSA) is 80.3 Å². The van der Waals surface area contributed by atoms with Gasteiger partial charge in [0.2, 0.25) is 0 Å². The summed E-state index contributed by atoms with van der Waals surface area (Å²) in [6.45, 7) is 2.09. The number of carbonyl (C=O) groups excluding carboxylic acids is 2. The summed E-state index contributed by atoms with van der Waals surface area (Å²) in [5, 5.41) is 5.55. The Labute approximate surface area is 153 Å². The van der Waals surface area contributed by atoms with Crippen molar-refractivity contribution in [2.45, 2.75) is 25.5 Å². The maximum Gasteiger partial charge on any atom is 0.269 e. The first kappa shape index (κ1) is 18.1. The van der Waals surface area contributed by atoms with Crippen molar-refractivity contribution in [3.63, 3.8) is 0 Å². The molecule has 26 heavy (non-hydrogen) atoms. The molecule has 0 saturated heterocycles. The molecule has 3 atom stereocenters. The lowest BCUT2D eigenvalue weighted by Crippen LogP contribution is -2.28. The van der Waals surface area contributed by atoms with Crippen LogP contribution in [0.25, 0.3) is 0 Å². The Hall–Kier alpha value is -2.73. The third kappa shape index (κ3) is 3.91. The van der Waals surface area contributed by atoms with E-state index in [1.165, 1.54) is 13.1 Å². The Kier molecular flexibility index (Phi) is 5.32. The molecule has 1 aromatic heterocycles. The van der Waals surface area contributed by atoms with Crippen LogP contribution < -0.4 is 10.6 Å². The van der Waals surface area contributed by atoms with Gasteiger partial charge in [0, 0.05) is 25.8 Å². The number of aromatic nitrogens is 1. The van der Waals surface area contributed by atoms with E-state index in [0.29, 0.717) is 17.2 Å². The van der Waals surface area contributed by atoms with E-state index in [1.807, 2.05) is 30.3 Å². The van der Waals surface area contributed by atoms with E-state index >= 15 is 0 Å². The minimum Gasteiger partial charge on any atom is -0.370 e. The van der Waals surface area contributed by atoms with E-state index in [4.69, 9.17) is 4.74 Å². The summed E-state index contributed by atoms with van der Waals surface area (Å²) in [4.78, 5) is 29.1. The molecule has 1 aliphatic carbocycles. The van der Waals surface area contributed by atoms with E-state index < -0.39 is 6.10 Å². The van der Waals surface area contributed by atoms with Gasteiger partial charge in [-0.3, -0.25) is 9.59 Å². The quantitative estimate of drug-likeness (QED) is 0.835. The van der Waals surface area contributed by atoms with Crippen LogP contribution in [0.3, 0.4) is 0 Å². The maximum atomic E-state index is 12.6. The molecule has 1 unspecified atom stereocenters. The van der Waals surface area contributed by atoms with Gasteiger partial charge in [0.15, 0.2) is 0 Å². The summed E-state index contributed by atoms with van der Waals surface area (Å²) in [5.74, 6) is -0.0469. The van der Waals surface area contributed by atoms with Gasteiger partial charge in [-0.25, -0.2) is 4.98 Å². The Morgan fingerprint density at radius 3 is 2.46 bits per heavy atom. The average Bonchev–Trinajstić information content (AvgIpc) is 3.36. The van der Waals surface area contributed by atoms with Crippen molar-refractivity contribution in [3.05, 3.63) is 65.0 Å². The van der Waals surface area contributed by atoms with Gasteiger partial charge in [-0.05, 0) is 30.0 Å². The molecule has 6 heteroatoms. The molecule has 3 rings (SSSR count). The SMILES string of the molecule is CNC(=O)c1cc(C(=O)N[C@H]2C[C@@H]2C)cc(C(OC)c2ccccc2)n1. The summed E-state index contributed by atoms with van der Waals surface area (Å²) in [5.41, 5.74) is 2.02. The molecule has 6 nitrogen and oxygen atoms in total. The smallest absolute Gasteiger partial charge is 0.269 e. The predicted molar refractivity (Wildman–Crippen MR) is 98.0 cm³/mol. The molecular formula is C20H23N3O3. The zero-order chi connectivity index (χ0) is 18.7. The van der Waals surface area contributed by atoms with Crippen LogP contribution in [0.2, 0.25) is 0 Å². The second kappa shape index (κ2) is 7.66. The molecule has 1 fully saturated rings. The highest BCUT2D eigenvalue weighted by molar-refractivity contribution is 5.98. The van der Waals surface area contributed by atoms with Gasteiger partial charge in [0.05, 0.1) is 5.69 Å². The molecule has 1 saturated carbocycles. The molecule has 1 aromatic carbocycles. The standard InChI is InChI=1S/C20H23N3O3/c1-12-9-15(12)23-19(24)14-10-16(22-17(11-14)20(25)21-2)18(26-3)13-7-5-4-6-8-13/h4-8,10-12,15,18H,9H2,1-3H3,(H,21,25)(H,23,24)/t12-,15-,18?/m0/s1. The van der Waals surface area contributed by atoms with Crippen molar-refractivity contribution < 1.29 is 14.3 Å². The lowest BCUT2D eigenvalue weighted by atomic mass is 10.0. The van der Waals surface area contributed by atoms with Gasteiger partial charge in [-0.1, -0.05) is 37.3 Å². The molecule has 0 spiro atoms. The van der Waals surface area contributed by atoms with E-state index in [0.717, 1.165) is 12.0 Å². The van der Waals surface area contributed by atoms with E-state index in [1.54, 1.807) is 13.2 Å². The molecule has 2 aromatic rings. The molecule has 0 radical (unpaired) electrons. The summed E-state index contributed by atoms with van der Waals surface area (Å²) in [6, 6.07) is 13.0. The van der Waals surface area contributed by atoms with Crippen LogP contribution in [-0.2, 0) is 4.74 Å². The lowest BCUT2D eigenvalue weighted by Gasteiger charge is -2.17. The van der Waals surface area contributed by atoms with Gasteiger partial charge in [0.1, 0.15) is 11.8 Å². The molecule has 0 aliphatic heterocycles. The van der Waals surface area contributed by atoms with Crippen LogP contribution in [0, 0.1) is 5.92 Å². The van der Waals surface area contributed by atoms with Crippen LogP contribution in [0.15, 0.2) is 42.5 Å². The highest BCUT2D eigenvalue weighted by atomic mass is 16.5. The second-order valence-electron chi connectivity index (χ2n) is 6.56. The Morgan fingerprint density at radius 2 is 1.88 bits per heavy atom. The fourth-order valence-corrected chi connectivity index (χ4v) is 2.89. The third-order valence-corrected chi connectivity index (χ3v) is 4.60. The largest absolute Gasteiger partial charge is 0.370 e. The number of rotatable bonds is 6. The molecular weight excluding hydrogens is 330 g/mol. The molecule has 0 bridgehead atoms. The first-order chi connectivity index (χ1) is 12.5. The van der Waals surface area contributed by atoms with Crippen molar-refractivity contribution in [2.24, 2.45) is 5.92 Å². The van der Waals surface area contributed by atoms with Gasteiger partial charge in [0.25, 0.3) is 11.8 Å². The predicted octanol–water partition coefficient (Wildman–Crippen LogP) is 2.32. The number of benzene rings is 1. The summed E-state index contributed by atoms with van der Waals surface area (Å²) >= 11 is 0. The van der Waals surface area contributed by atoms with Crippen LogP contribution in [-0.4, -0.2) is 37.0 Å². The maximum absolute atomic E-state index is 12.6. The van der Waals surface area contributed by atoms with Crippen LogP contribution >= 0.6 is 0 Å². The van der Waals surface area contributed by atoms with E-state index in [-0.39, 0.29) is 23.6 Å². The Morgan fingerprint density at radius 1 is 1.19 bits per heavy atom. The van der Waals surface area contributed by atoms with Crippen LogP contribution in [0.1, 0.15) is 51.6 Å².